The van der Waals surface area contributed by atoms with Gasteiger partial charge in [0, 0.05) is 5.56 Å². The zero-order chi connectivity index (χ0) is 14.9. The fourth-order valence-electron chi connectivity index (χ4n) is 1.47. The lowest BCUT2D eigenvalue weighted by molar-refractivity contribution is -0.137. The highest BCUT2D eigenvalue weighted by atomic mass is 32.2. The van der Waals surface area contributed by atoms with Gasteiger partial charge in [0.1, 0.15) is 0 Å². The molecule has 1 fully saturated rings. The van der Waals surface area contributed by atoms with Crippen LogP contribution in [0.1, 0.15) is 15.9 Å². The fourth-order valence-corrected chi connectivity index (χ4v) is 2.44. The number of carbonyl (C=O) groups excluding carboxylic acids is 2. The molecule has 0 aliphatic carbocycles. The van der Waals surface area contributed by atoms with E-state index in [2.05, 4.69) is 5.43 Å². The molecule has 2 amide bonds. The third-order valence-corrected chi connectivity index (χ3v) is 3.77. The molecule has 20 heavy (non-hydrogen) atoms. The zero-order valence-corrected chi connectivity index (χ0v) is 11.4. The number of rotatable bonds is 2. The number of halogens is 3. The maximum absolute atomic E-state index is 12.5. The van der Waals surface area contributed by atoms with Gasteiger partial charge < -0.3 is 0 Å². The van der Waals surface area contributed by atoms with Gasteiger partial charge in [-0.2, -0.15) is 13.2 Å². The molecule has 1 aromatic carbocycles. The first-order valence-electron chi connectivity index (χ1n) is 5.27. The maximum atomic E-state index is 12.5. The van der Waals surface area contributed by atoms with Crippen molar-refractivity contribution in [2.45, 2.75) is 6.18 Å². The van der Waals surface area contributed by atoms with Crippen LogP contribution in [-0.2, 0) is 11.0 Å². The molecule has 1 aliphatic rings. The molecule has 106 valence electrons. The molecule has 2 rings (SSSR count). The minimum Gasteiger partial charge on any atom is -0.272 e. The Bertz CT molecular complexity index is 573. The van der Waals surface area contributed by atoms with Crippen LogP contribution in [0.4, 0.5) is 13.2 Å². The van der Waals surface area contributed by atoms with E-state index in [1.165, 1.54) is 6.07 Å². The first-order chi connectivity index (χ1) is 9.29. The summed E-state index contributed by atoms with van der Waals surface area (Å²) in [4.78, 5) is 23.2. The summed E-state index contributed by atoms with van der Waals surface area (Å²) in [6, 6.07) is 3.92. The Kier molecular flexibility index (Phi) is 4.00. The molecule has 1 saturated heterocycles. The quantitative estimate of drug-likeness (QED) is 0.849. The smallest absolute Gasteiger partial charge is 0.272 e. The highest BCUT2D eigenvalue weighted by Crippen LogP contribution is 2.29. The normalized spacial score (nSPS) is 15.7. The maximum Gasteiger partial charge on any atom is 0.416 e. The Morgan fingerprint density at radius 3 is 2.65 bits per heavy atom. The van der Waals surface area contributed by atoms with Crippen LogP contribution < -0.4 is 5.43 Å². The lowest BCUT2D eigenvalue weighted by atomic mass is 10.1. The molecular weight excluding hydrogens is 313 g/mol. The summed E-state index contributed by atoms with van der Waals surface area (Å²) in [5.41, 5.74) is 1.05. The van der Waals surface area contributed by atoms with E-state index < -0.39 is 23.6 Å². The van der Waals surface area contributed by atoms with E-state index in [-0.39, 0.29) is 15.6 Å². The van der Waals surface area contributed by atoms with Crippen LogP contribution in [0.2, 0.25) is 0 Å². The van der Waals surface area contributed by atoms with Gasteiger partial charge in [-0.3, -0.25) is 15.0 Å². The molecule has 0 unspecified atom stereocenters. The summed E-state index contributed by atoms with van der Waals surface area (Å²) in [6.45, 7) is 0. The van der Waals surface area contributed by atoms with Gasteiger partial charge in [-0.25, -0.2) is 5.01 Å². The average Bonchev–Trinajstić information content (AvgIpc) is 2.69. The molecule has 0 radical (unpaired) electrons. The summed E-state index contributed by atoms with van der Waals surface area (Å²) in [6.07, 6.45) is -4.54. The number of alkyl halides is 3. The molecule has 0 saturated carbocycles. The number of nitrogens with zero attached hydrogens (tertiary/aromatic N) is 1. The van der Waals surface area contributed by atoms with E-state index >= 15 is 0 Å². The first kappa shape index (κ1) is 14.8. The number of benzene rings is 1. The van der Waals surface area contributed by atoms with Crippen molar-refractivity contribution in [3.8, 4) is 0 Å². The van der Waals surface area contributed by atoms with Crippen molar-refractivity contribution in [2.75, 3.05) is 5.75 Å². The number of thioether (sulfide) groups is 1. The molecule has 1 heterocycles. The minimum atomic E-state index is -4.54. The van der Waals surface area contributed by atoms with Crippen molar-refractivity contribution in [3.63, 3.8) is 0 Å². The van der Waals surface area contributed by atoms with E-state index in [1.54, 1.807) is 0 Å². The van der Waals surface area contributed by atoms with Gasteiger partial charge in [-0.1, -0.05) is 30.0 Å². The van der Waals surface area contributed by atoms with Gasteiger partial charge in [0.2, 0.25) is 0 Å². The van der Waals surface area contributed by atoms with Crippen molar-refractivity contribution in [2.24, 2.45) is 0 Å². The van der Waals surface area contributed by atoms with Gasteiger partial charge in [-0.15, -0.1) is 0 Å². The SMILES string of the molecule is O=C(NN1C(=O)CSC1=S)c1cccc(C(F)(F)F)c1. The van der Waals surface area contributed by atoms with Crippen LogP contribution in [0.3, 0.4) is 0 Å². The number of hydrazine groups is 1. The summed E-state index contributed by atoms with van der Waals surface area (Å²) >= 11 is 5.92. The molecule has 1 aliphatic heterocycles. The predicted molar refractivity (Wildman–Crippen MR) is 70.8 cm³/mol. The molecule has 0 bridgehead atoms. The number of amides is 2. The van der Waals surface area contributed by atoms with Gasteiger partial charge in [0.25, 0.3) is 11.8 Å². The van der Waals surface area contributed by atoms with Gasteiger partial charge in [0.15, 0.2) is 4.32 Å². The van der Waals surface area contributed by atoms with Gasteiger partial charge >= 0.3 is 6.18 Å². The van der Waals surface area contributed by atoms with Crippen LogP contribution in [-0.4, -0.2) is 26.9 Å². The van der Waals surface area contributed by atoms with Crippen LogP contribution in [0, 0.1) is 0 Å². The Morgan fingerprint density at radius 2 is 2.10 bits per heavy atom. The Balaban J connectivity index is 2.18. The van der Waals surface area contributed by atoms with Crippen LogP contribution in [0.15, 0.2) is 24.3 Å². The van der Waals surface area contributed by atoms with Gasteiger partial charge in [0.05, 0.1) is 11.3 Å². The molecular formula is C11H7F3N2O2S2. The molecule has 4 nitrogen and oxygen atoms in total. The monoisotopic (exact) mass is 320 g/mol. The Morgan fingerprint density at radius 1 is 1.40 bits per heavy atom. The molecule has 1 N–H and O–H groups in total. The van der Waals surface area contributed by atoms with Crippen molar-refractivity contribution < 1.29 is 22.8 Å². The standard InChI is InChI=1S/C11H7F3N2O2S2/c12-11(13,14)7-3-1-2-6(4-7)9(18)15-16-8(17)5-20-10(16)19/h1-4H,5H2,(H,15,18). The number of hydrogen-bond donors (Lipinski definition) is 1. The van der Waals surface area contributed by atoms with Crippen molar-refractivity contribution >= 4 is 40.1 Å². The zero-order valence-electron chi connectivity index (χ0n) is 9.73. The fraction of sp³-hybridized carbons (Fsp3) is 0.182. The summed E-state index contributed by atoms with van der Waals surface area (Å²) in [5.74, 6) is -1.14. The topological polar surface area (TPSA) is 49.4 Å². The second-order valence-corrected chi connectivity index (χ2v) is 5.41. The van der Waals surface area contributed by atoms with E-state index in [4.69, 9.17) is 12.2 Å². The number of nitrogens with one attached hydrogen (secondary N) is 1. The summed E-state index contributed by atoms with van der Waals surface area (Å²) in [5, 5.41) is 0.864. The van der Waals surface area contributed by atoms with E-state index in [9.17, 15) is 22.8 Å². The van der Waals surface area contributed by atoms with Crippen LogP contribution in [0.25, 0.3) is 0 Å². The van der Waals surface area contributed by atoms with Crippen molar-refractivity contribution in [1.82, 2.24) is 10.4 Å². The highest BCUT2D eigenvalue weighted by Gasteiger charge is 2.32. The molecule has 0 atom stereocenters. The molecule has 0 spiro atoms. The van der Waals surface area contributed by atoms with Crippen LogP contribution >= 0.6 is 24.0 Å². The van der Waals surface area contributed by atoms with E-state index in [1.807, 2.05) is 0 Å². The van der Waals surface area contributed by atoms with Crippen LogP contribution in [0.5, 0.6) is 0 Å². The third kappa shape index (κ3) is 3.10. The van der Waals surface area contributed by atoms with Crippen molar-refractivity contribution in [3.05, 3.63) is 35.4 Å². The number of thiocarbonyl (C=S) groups is 1. The molecule has 1 aromatic rings. The lowest BCUT2D eigenvalue weighted by Crippen LogP contribution is -2.45. The van der Waals surface area contributed by atoms with E-state index in [0.717, 1.165) is 28.9 Å². The number of hydrogen-bond acceptors (Lipinski definition) is 4. The first-order valence-corrected chi connectivity index (χ1v) is 6.66. The largest absolute Gasteiger partial charge is 0.416 e. The average molecular weight is 320 g/mol. The lowest BCUT2D eigenvalue weighted by Gasteiger charge is -2.16. The van der Waals surface area contributed by atoms with Crippen molar-refractivity contribution in [1.29, 1.82) is 0 Å². The predicted octanol–water partition coefficient (Wildman–Crippen LogP) is 2.21. The molecule has 0 aromatic heterocycles. The molecule has 9 heteroatoms. The summed E-state index contributed by atoms with van der Waals surface area (Å²) < 4.78 is 37.8. The highest BCUT2D eigenvalue weighted by molar-refractivity contribution is 8.23. The van der Waals surface area contributed by atoms with E-state index in [0.29, 0.717) is 6.07 Å². The Labute approximate surface area is 121 Å². The Hall–Kier alpha value is -1.61. The second kappa shape index (κ2) is 5.41. The number of carbonyl (C=O) groups is 2. The third-order valence-electron chi connectivity index (χ3n) is 2.42. The minimum absolute atomic E-state index is 0.0989. The summed E-state index contributed by atoms with van der Waals surface area (Å²) in [7, 11) is 0. The van der Waals surface area contributed by atoms with Gasteiger partial charge in [-0.05, 0) is 18.2 Å². The second-order valence-electron chi connectivity index (χ2n) is 3.80.